The largest absolute Gasteiger partial charge is 0.480 e. The summed E-state index contributed by atoms with van der Waals surface area (Å²) in [6.45, 7) is 6.30. The van der Waals surface area contributed by atoms with Gasteiger partial charge in [0.1, 0.15) is 12.1 Å². The molecule has 2 rings (SSSR count). The molecule has 0 aliphatic carbocycles. The number of hydrogen-bond donors (Lipinski definition) is 2. The van der Waals surface area contributed by atoms with Crippen molar-refractivity contribution in [2.24, 2.45) is 5.92 Å². The van der Waals surface area contributed by atoms with Gasteiger partial charge in [-0.05, 0) is 17.9 Å². The fourth-order valence-corrected chi connectivity index (χ4v) is 2.80. The summed E-state index contributed by atoms with van der Waals surface area (Å²) in [6, 6.07) is 9.18. The van der Waals surface area contributed by atoms with E-state index in [0.717, 1.165) is 13.1 Å². The summed E-state index contributed by atoms with van der Waals surface area (Å²) in [5.74, 6) is -1.16. The van der Waals surface area contributed by atoms with Gasteiger partial charge in [-0.2, -0.15) is 0 Å². The van der Waals surface area contributed by atoms with E-state index in [2.05, 4.69) is 10.2 Å². The Bertz CT molecular complexity index is 547. The number of nitrogens with one attached hydrogen (secondary N) is 1. The predicted octanol–water partition coefficient (Wildman–Crippen LogP) is 1.50. The molecule has 1 aliphatic heterocycles. The second kappa shape index (κ2) is 8.80. The van der Waals surface area contributed by atoms with Crippen LogP contribution in [0.1, 0.15) is 25.8 Å². The molecule has 6 heteroatoms. The van der Waals surface area contributed by atoms with Gasteiger partial charge >= 0.3 is 5.97 Å². The van der Waals surface area contributed by atoms with Crippen LogP contribution in [0.3, 0.4) is 0 Å². The molecule has 1 aromatic carbocycles. The average Bonchev–Trinajstić information content (AvgIpc) is 2.55. The SMILES string of the molecule is CC(C)C[C@@H](NC(=O)[C@H]1CN(Cc2ccccc2)CCO1)C(=O)O. The molecule has 1 amide bonds. The third kappa shape index (κ3) is 5.62. The Morgan fingerprint density at radius 2 is 2.04 bits per heavy atom. The minimum absolute atomic E-state index is 0.188. The van der Waals surface area contributed by atoms with Gasteiger partial charge in [-0.1, -0.05) is 44.2 Å². The van der Waals surface area contributed by atoms with Gasteiger partial charge in [0.05, 0.1) is 6.61 Å². The molecular formula is C18H26N2O4. The Labute approximate surface area is 142 Å². The van der Waals surface area contributed by atoms with E-state index in [1.54, 1.807) is 0 Å². The van der Waals surface area contributed by atoms with Crippen molar-refractivity contribution in [2.45, 2.75) is 39.0 Å². The summed E-state index contributed by atoms with van der Waals surface area (Å²) in [7, 11) is 0. The Morgan fingerprint density at radius 1 is 1.33 bits per heavy atom. The number of carbonyl (C=O) groups is 2. The first-order valence-corrected chi connectivity index (χ1v) is 8.36. The number of aliphatic carboxylic acids is 1. The normalized spacial score (nSPS) is 19.9. The molecule has 0 spiro atoms. The number of nitrogens with zero attached hydrogens (tertiary/aromatic N) is 1. The van der Waals surface area contributed by atoms with Crippen LogP contribution in [-0.4, -0.2) is 53.7 Å². The number of morpholine rings is 1. The van der Waals surface area contributed by atoms with Gasteiger partial charge in [0, 0.05) is 19.6 Å². The van der Waals surface area contributed by atoms with Crippen molar-refractivity contribution in [3.8, 4) is 0 Å². The van der Waals surface area contributed by atoms with Crippen molar-refractivity contribution in [3.63, 3.8) is 0 Å². The van der Waals surface area contributed by atoms with Gasteiger partial charge in [0.2, 0.25) is 0 Å². The van der Waals surface area contributed by atoms with Crippen LogP contribution in [0.4, 0.5) is 0 Å². The van der Waals surface area contributed by atoms with Gasteiger partial charge in [-0.3, -0.25) is 9.69 Å². The smallest absolute Gasteiger partial charge is 0.326 e. The lowest BCUT2D eigenvalue weighted by atomic mass is 10.0. The molecule has 1 aromatic rings. The topological polar surface area (TPSA) is 78.9 Å². The molecule has 0 bridgehead atoms. The number of carboxylic acids is 1. The van der Waals surface area contributed by atoms with Gasteiger partial charge in [-0.15, -0.1) is 0 Å². The van der Waals surface area contributed by atoms with E-state index in [1.165, 1.54) is 5.56 Å². The highest BCUT2D eigenvalue weighted by atomic mass is 16.5. The van der Waals surface area contributed by atoms with Gasteiger partial charge in [0.25, 0.3) is 5.91 Å². The molecule has 1 fully saturated rings. The highest BCUT2D eigenvalue weighted by Gasteiger charge is 2.30. The van der Waals surface area contributed by atoms with Crippen molar-refractivity contribution in [2.75, 3.05) is 19.7 Å². The minimum atomic E-state index is -1.01. The maximum atomic E-state index is 12.4. The number of carbonyl (C=O) groups excluding carboxylic acids is 1. The molecule has 2 atom stereocenters. The molecule has 0 unspecified atom stereocenters. The molecule has 0 saturated carbocycles. The first kappa shape index (κ1) is 18.4. The fourth-order valence-electron chi connectivity index (χ4n) is 2.80. The zero-order chi connectivity index (χ0) is 17.5. The molecule has 132 valence electrons. The third-order valence-electron chi connectivity index (χ3n) is 4.01. The summed E-state index contributed by atoms with van der Waals surface area (Å²) in [5.41, 5.74) is 1.18. The van der Waals surface area contributed by atoms with Crippen LogP contribution in [0, 0.1) is 5.92 Å². The van der Waals surface area contributed by atoms with Crippen LogP contribution >= 0.6 is 0 Å². The van der Waals surface area contributed by atoms with Crippen molar-refractivity contribution < 1.29 is 19.4 Å². The van der Waals surface area contributed by atoms with Crippen LogP contribution in [-0.2, 0) is 20.9 Å². The number of ether oxygens (including phenoxy) is 1. The summed E-state index contributed by atoms with van der Waals surface area (Å²) in [4.78, 5) is 25.8. The molecule has 1 saturated heterocycles. The van der Waals surface area contributed by atoms with E-state index < -0.39 is 18.1 Å². The van der Waals surface area contributed by atoms with E-state index in [9.17, 15) is 14.7 Å². The molecule has 6 nitrogen and oxygen atoms in total. The van der Waals surface area contributed by atoms with Crippen LogP contribution in [0.2, 0.25) is 0 Å². The van der Waals surface area contributed by atoms with Crippen LogP contribution in [0.25, 0.3) is 0 Å². The van der Waals surface area contributed by atoms with Crippen LogP contribution in [0.5, 0.6) is 0 Å². The molecule has 1 aliphatic rings. The van der Waals surface area contributed by atoms with Crippen LogP contribution < -0.4 is 5.32 Å². The summed E-state index contributed by atoms with van der Waals surface area (Å²) < 4.78 is 5.55. The van der Waals surface area contributed by atoms with E-state index in [4.69, 9.17) is 4.74 Å². The van der Waals surface area contributed by atoms with E-state index >= 15 is 0 Å². The Hall–Kier alpha value is -1.92. The highest BCUT2D eigenvalue weighted by molar-refractivity contribution is 5.86. The standard InChI is InChI=1S/C18H26N2O4/c1-13(2)10-15(18(22)23)19-17(21)16-12-20(8-9-24-16)11-14-6-4-3-5-7-14/h3-7,13,15-16H,8-12H2,1-2H3,(H,19,21)(H,22,23)/t15-,16-/m1/s1. The summed E-state index contributed by atoms with van der Waals surface area (Å²) in [6.07, 6.45) is -0.224. The Balaban J connectivity index is 1.90. The molecular weight excluding hydrogens is 308 g/mol. The zero-order valence-corrected chi connectivity index (χ0v) is 14.3. The lowest BCUT2D eigenvalue weighted by molar-refractivity contribution is -0.147. The van der Waals surface area contributed by atoms with Crippen LogP contribution in [0.15, 0.2) is 30.3 Å². The second-order valence-corrected chi connectivity index (χ2v) is 6.61. The number of amides is 1. The van der Waals surface area contributed by atoms with Crippen molar-refractivity contribution in [1.29, 1.82) is 0 Å². The number of rotatable bonds is 7. The predicted molar refractivity (Wildman–Crippen MR) is 90.5 cm³/mol. The lowest BCUT2D eigenvalue weighted by Gasteiger charge is -2.32. The highest BCUT2D eigenvalue weighted by Crippen LogP contribution is 2.12. The van der Waals surface area contributed by atoms with Crippen molar-refractivity contribution in [3.05, 3.63) is 35.9 Å². The molecule has 0 aromatic heterocycles. The Kier molecular flexibility index (Phi) is 6.75. The quantitative estimate of drug-likeness (QED) is 0.790. The van der Waals surface area contributed by atoms with Gasteiger partial charge < -0.3 is 15.2 Å². The summed E-state index contributed by atoms with van der Waals surface area (Å²) >= 11 is 0. The summed E-state index contributed by atoms with van der Waals surface area (Å²) in [5, 5.41) is 11.9. The van der Waals surface area contributed by atoms with E-state index in [0.29, 0.717) is 19.6 Å². The second-order valence-electron chi connectivity index (χ2n) is 6.61. The maximum Gasteiger partial charge on any atom is 0.326 e. The monoisotopic (exact) mass is 334 g/mol. The first-order valence-electron chi connectivity index (χ1n) is 8.36. The van der Waals surface area contributed by atoms with Crippen molar-refractivity contribution in [1.82, 2.24) is 10.2 Å². The number of carboxylic acid groups (broad SMARTS) is 1. The lowest BCUT2D eigenvalue weighted by Crippen LogP contribution is -2.53. The van der Waals surface area contributed by atoms with E-state index in [1.807, 2.05) is 44.2 Å². The average molecular weight is 334 g/mol. The number of hydrogen-bond acceptors (Lipinski definition) is 4. The third-order valence-corrected chi connectivity index (χ3v) is 4.01. The minimum Gasteiger partial charge on any atom is -0.480 e. The fraction of sp³-hybridized carbons (Fsp3) is 0.556. The zero-order valence-electron chi connectivity index (χ0n) is 14.3. The maximum absolute atomic E-state index is 12.4. The molecule has 24 heavy (non-hydrogen) atoms. The molecule has 1 heterocycles. The van der Waals surface area contributed by atoms with Gasteiger partial charge in [-0.25, -0.2) is 4.79 Å². The molecule has 0 radical (unpaired) electrons. The van der Waals surface area contributed by atoms with E-state index in [-0.39, 0.29) is 11.8 Å². The molecule has 2 N–H and O–H groups in total. The Morgan fingerprint density at radius 3 is 2.67 bits per heavy atom. The number of benzene rings is 1. The van der Waals surface area contributed by atoms with Crippen molar-refractivity contribution >= 4 is 11.9 Å². The van der Waals surface area contributed by atoms with Gasteiger partial charge in [0.15, 0.2) is 0 Å². The first-order chi connectivity index (χ1) is 11.5.